The summed E-state index contributed by atoms with van der Waals surface area (Å²) < 4.78 is 0. The molecule has 0 amide bonds. The van der Waals surface area contributed by atoms with Gasteiger partial charge in [-0.2, -0.15) is 0 Å². The van der Waals surface area contributed by atoms with Crippen LogP contribution in [0.5, 0.6) is 0 Å². The molecule has 2 nitrogen and oxygen atoms in total. The highest BCUT2D eigenvalue weighted by molar-refractivity contribution is 5.39. The lowest BCUT2D eigenvalue weighted by Crippen LogP contribution is -2.24. The second-order valence-electron chi connectivity index (χ2n) is 3.81. The summed E-state index contributed by atoms with van der Waals surface area (Å²) in [6, 6.07) is 8.63. The molecule has 0 saturated carbocycles. The molecule has 1 aromatic rings. The Bertz CT molecular complexity index is 254. The molecule has 1 atom stereocenters. The van der Waals surface area contributed by atoms with Crippen molar-refractivity contribution in [3.8, 4) is 0 Å². The van der Waals surface area contributed by atoms with Crippen LogP contribution in [0.1, 0.15) is 32.3 Å². The summed E-state index contributed by atoms with van der Waals surface area (Å²) in [5.74, 6) is 0. The van der Waals surface area contributed by atoms with E-state index in [4.69, 9.17) is 5.73 Å². The quantitative estimate of drug-likeness (QED) is 0.704. The predicted molar refractivity (Wildman–Crippen MR) is 62.1 cm³/mol. The average molecular weight is 192 g/mol. The van der Waals surface area contributed by atoms with Gasteiger partial charge in [0.05, 0.1) is 0 Å². The third kappa shape index (κ3) is 3.79. The van der Waals surface area contributed by atoms with Crippen LogP contribution in [0.2, 0.25) is 0 Å². The van der Waals surface area contributed by atoms with Gasteiger partial charge in [-0.3, -0.25) is 0 Å². The number of benzene rings is 1. The Morgan fingerprint density at radius 1 is 1.29 bits per heavy atom. The second-order valence-corrected chi connectivity index (χ2v) is 3.81. The van der Waals surface area contributed by atoms with E-state index in [9.17, 15) is 0 Å². The third-order valence-corrected chi connectivity index (χ3v) is 2.36. The van der Waals surface area contributed by atoms with Gasteiger partial charge >= 0.3 is 0 Å². The van der Waals surface area contributed by atoms with Crippen molar-refractivity contribution in [2.24, 2.45) is 0 Å². The summed E-state index contributed by atoms with van der Waals surface area (Å²) in [4.78, 5) is 0. The van der Waals surface area contributed by atoms with Crippen LogP contribution in [0.15, 0.2) is 24.3 Å². The number of hydrogen-bond acceptors (Lipinski definition) is 2. The maximum Gasteiger partial charge on any atom is 0.0314 e. The Morgan fingerprint density at radius 2 is 1.93 bits per heavy atom. The molecule has 1 aromatic carbocycles. The highest BCUT2D eigenvalue weighted by Gasteiger charge is 1.99. The highest BCUT2D eigenvalue weighted by Crippen LogP contribution is 2.05. The maximum atomic E-state index is 5.61. The molecule has 0 fully saturated rings. The molecule has 0 aliphatic rings. The van der Waals surface area contributed by atoms with Gasteiger partial charge in [-0.25, -0.2) is 0 Å². The van der Waals surface area contributed by atoms with E-state index in [2.05, 4.69) is 31.3 Å². The van der Waals surface area contributed by atoms with Gasteiger partial charge < -0.3 is 11.1 Å². The normalized spacial score (nSPS) is 12.7. The van der Waals surface area contributed by atoms with Crippen molar-refractivity contribution in [3.05, 3.63) is 29.8 Å². The molecule has 3 N–H and O–H groups in total. The number of nitrogens with one attached hydrogen (secondary N) is 1. The molecule has 0 saturated heterocycles. The van der Waals surface area contributed by atoms with Crippen LogP contribution in [-0.4, -0.2) is 6.04 Å². The lowest BCUT2D eigenvalue weighted by atomic mass is 10.1. The van der Waals surface area contributed by atoms with Gasteiger partial charge in [-0.1, -0.05) is 25.5 Å². The van der Waals surface area contributed by atoms with Crippen LogP contribution in [0, 0.1) is 0 Å². The van der Waals surface area contributed by atoms with Gasteiger partial charge in [0.25, 0.3) is 0 Å². The molecule has 0 aliphatic carbocycles. The van der Waals surface area contributed by atoms with Crippen molar-refractivity contribution in [1.29, 1.82) is 0 Å². The molecule has 0 aliphatic heterocycles. The van der Waals surface area contributed by atoms with E-state index in [0.717, 1.165) is 12.2 Å². The van der Waals surface area contributed by atoms with E-state index in [-0.39, 0.29) is 0 Å². The summed E-state index contributed by atoms with van der Waals surface area (Å²) in [7, 11) is 0. The lowest BCUT2D eigenvalue weighted by Gasteiger charge is -2.12. The van der Waals surface area contributed by atoms with Crippen molar-refractivity contribution >= 4 is 5.69 Å². The van der Waals surface area contributed by atoms with Crippen LogP contribution < -0.4 is 11.1 Å². The number of anilines is 1. The van der Waals surface area contributed by atoms with Crippen molar-refractivity contribution in [2.75, 3.05) is 5.73 Å². The molecular formula is C12H20N2. The molecule has 2 heteroatoms. The van der Waals surface area contributed by atoms with E-state index >= 15 is 0 Å². The van der Waals surface area contributed by atoms with Gasteiger partial charge in [0.1, 0.15) is 0 Å². The van der Waals surface area contributed by atoms with Gasteiger partial charge in [0.15, 0.2) is 0 Å². The Labute approximate surface area is 86.5 Å². The van der Waals surface area contributed by atoms with E-state index in [1.54, 1.807) is 0 Å². The molecule has 14 heavy (non-hydrogen) atoms. The van der Waals surface area contributed by atoms with Crippen LogP contribution >= 0.6 is 0 Å². The first-order valence-electron chi connectivity index (χ1n) is 5.30. The molecule has 1 unspecified atom stereocenters. The summed E-state index contributed by atoms with van der Waals surface area (Å²) in [5, 5.41) is 3.48. The summed E-state index contributed by atoms with van der Waals surface area (Å²) in [6.07, 6.45) is 2.46. The Morgan fingerprint density at radius 3 is 2.50 bits per heavy atom. The minimum Gasteiger partial charge on any atom is -0.399 e. The molecule has 0 spiro atoms. The van der Waals surface area contributed by atoms with Crippen molar-refractivity contribution in [2.45, 2.75) is 39.3 Å². The Balaban J connectivity index is 2.34. The van der Waals surface area contributed by atoms with Crippen molar-refractivity contribution in [3.63, 3.8) is 0 Å². The lowest BCUT2D eigenvalue weighted by molar-refractivity contribution is 0.508. The van der Waals surface area contributed by atoms with Gasteiger partial charge in [0, 0.05) is 18.3 Å². The van der Waals surface area contributed by atoms with Crippen molar-refractivity contribution in [1.82, 2.24) is 5.32 Å². The van der Waals surface area contributed by atoms with Crippen molar-refractivity contribution < 1.29 is 0 Å². The minimum absolute atomic E-state index is 0.595. The fourth-order valence-corrected chi connectivity index (χ4v) is 1.46. The average Bonchev–Trinajstić information content (AvgIpc) is 2.17. The molecule has 0 radical (unpaired) electrons. The zero-order chi connectivity index (χ0) is 10.4. The monoisotopic (exact) mass is 192 g/mol. The smallest absolute Gasteiger partial charge is 0.0314 e. The zero-order valence-corrected chi connectivity index (χ0v) is 9.09. The first kappa shape index (κ1) is 11.1. The minimum atomic E-state index is 0.595. The highest BCUT2D eigenvalue weighted by atomic mass is 14.9. The fourth-order valence-electron chi connectivity index (χ4n) is 1.46. The summed E-state index contributed by atoms with van der Waals surface area (Å²) in [6.45, 7) is 5.36. The fraction of sp³-hybridized carbons (Fsp3) is 0.500. The Kier molecular flexibility index (Phi) is 4.47. The van der Waals surface area contributed by atoms with Gasteiger partial charge in [0.2, 0.25) is 0 Å². The predicted octanol–water partition coefficient (Wildman–Crippen LogP) is 2.55. The largest absolute Gasteiger partial charge is 0.399 e. The van der Waals surface area contributed by atoms with E-state index in [0.29, 0.717) is 6.04 Å². The number of nitrogens with two attached hydrogens (primary N) is 1. The maximum absolute atomic E-state index is 5.61. The molecule has 1 rings (SSSR count). The first-order chi connectivity index (χ1) is 6.72. The molecule has 0 bridgehead atoms. The van der Waals surface area contributed by atoms with Crippen LogP contribution in [0.25, 0.3) is 0 Å². The van der Waals surface area contributed by atoms with Crippen LogP contribution in [0.3, 0.4) is 0 Å². The summed E-state index contributed by atoms with van der Waals surface area (Å²) in [5.41, 5.74) is 7.73. The molecular weight excluding hydrogens is 172 g/mol. The molecule has 78 valence electrons. The van der Waals surface area contributed by atoms with Crippen LogP contribution in [-0.2, 0) is 6.54 Å². The molecule has 0 heterocycles. The second kappa shape index (κ2) is 5.66. The number of rotatable bonds is 5. The van der Waals surface area contributed by atoms with E-state index < -0.39 is 0 Å². The SMILES string of the molecule is CCCC(C)NCc1ccc(N)cc1. The summed E-state index contributed by atoms with van der Waals surface area (Å²) >= 11 is 0. The van der Waals surface area contributed by atoms with Gasteiger partial charge in [-0.05, 0) is 31.0 Å². The standard InChI is InChI=1S/C12H20N2/c1-3-4-10(2)14-9-11-5-7-12(13)8-6-11/h5-8,10,14H,3-4,9,13H2,1-2H3. The van der Waals surface area contributed by atoms with E-state index in [1.807, 2.05) is 12.1 Å². The first-order valence-corrected chi connectivity index (χ1v) is 5.30. The topological polar surface area (TPSA) is 38.0 Å². The molecule has 0 aromatic heterocycles. The third-order valence-electron chi connectivity index (χ3n) is 2.36. The van der Waals surface area contributed by atoms with Crippen LogP contribution in [0.4, 0.5) is 5.69 Å². The van der Waals surface area contributed by atoms with E-state index in [1.165, 1.54) is 18.4 Å². The number of nitrogen functional groups attached to an aromatic ring is 1. The number of hydrogen-bond donors (Lipinski definition) is 2. The zero-order valence-electron chi connectivity index (χ0n) is 9.09. The Hall–Kier alpha value is -1.02. The van der Waals surface area contributed by atoms with Gasteiger partial charge in [-0.15, -0.1) is 0 Å².